The van der Waals surface area contributed by atoms with Crippen LogP contribution in [0.1, 0.15) is 57.4 Å². The third-order valence-corrected chi connectivity index (χ3v) is 6.15. The number of nitrogens with one attached hydrogen (secondary N) is 1. The van der Waals surface area contributed by atoms with E-state index in [0.29, 0.717) is 12.6 Å². The Morgan fingerprint density at radius 2 is 1.90 bits per heavy atom. The lowest BCUT2D eigenvalue weighted by atomic mass is 9.96. The van der Waals surface area contributed by atoms with Gasteiger partial charge >= 0.3 is 0 Å². The predicted molar refractivity (Wildman–Crippen MR) is 137 cm³/mol. The van der Waals surface area contributed by atoms with E-state index >= 15 is 0 Å². The second kappa shape index (κ2) is 14.0. The van der Waals surface area contributed by atoms with Crippen molar-refractivity contribution in [3.8, 4) is 11.5 Å². The van der Waals surface area contributed by atoms with Gasteiger partial charge in [0.15, 0.2) is 17.5 Å². The minimum atomic E-state index is 0. The van der Waals surface area contributed by atoms with Crippen molar-refractivity contribution in [3.05, 3.63) is 23.8 Å². The molecule has 6 nitrogen and oxygen atoms in total. The van der Waals surface area contributed by atoms with Crippen LogP contribution in [0.5, 0.6) is 11.5 Å². The van der Waals surface area contributed by atoms with Gasteiger partial charge in [-0.2, -0.15) is 0 Å². The van der Waals surface area contributed by atoms with E-state index in [9.17, 15) is 0 Å². The van der Waals surface area contributed by atoms with Crippen molar-refractivity contribution in [2.24, 2.45) is 10.9 Å². The van der Waals surface area contributed by atoms with Crippen LogP contribution in [0.4, 0.5) is 0 Å². The van der Waals surface area contributed by atoms with Crippen molar-refractivity contribution in [1.29, 1.82) is 0 Å². The molecule has 2 aliphatic rings. The van der Waals surface area contributed by atoms with Crippen LogP contribution in [0.2, 0.25) is 0 Å². The summed E-state index contributed by atoms with van der Waals surface area (Å²) in [6, 6.07) is 6.19. The molecule has 31 heavy (non-hydrogen) atoms. The molecule has 1 aromatic carbocycles. The number of ether oxygens (including phenoxy) is 3. The highest BCUT2D eigenvalue weighted by atomic mass is 127. The van der Waals surface area contributed by atoms with Gasteiger partial charge in [-0.25, -0.2) is 4.99 Å². The average Bonchev–Trinajstić information content (AvgIpc) is 3.29. The number of halogens is 1. The number of guanidine groups is 1. The fraction of sp³-hybridized carbons (Fsp3) is 0.708. The van der Waals surface area contributed by atoms with E-state index in [-0.39, 0.29) is 24.0 Å². The second-order valence-electron chi connectivity index (χ2n) is 8.45. The monoisotopic (exact) mass is 545 g/mol. The Morgan fingerprint density at radius 1 is 1.16 bits per heavy atom. The Balaban J connectivity index is 0.00000341. The molecule has 0 atom stereocenters. The molecule has 0 unspecified atom stereocenters. The van der Waals surface area contributed by atoms with Crippen LogP contribution in [0.15, 0.2) is 23.2 Å². The van der Waals surface area contributed by atoms with Gasteiger partial charge in [0.2, 0.25) is 0 Å². The Hall–Kier alpha value is -1.22. The maximum absolute atomic E-state index is 6.15. The molecule has 1 heterocycles. The molecular formula is C24H40IN3O3. The fourth-order valence-corrected chi connectivity index (χ4v) is 4.25. The summed E-state index contributed by atoms with van der Waals surface area (Å²) in [6.45, 7) is 6.41. The van der Waals surface area contributed by atoms with Crippen molar-refractivity contribution in [1.82, 2.24) is 10.2 Å². The third-order valence-electron chi connectivity index (χ3n) is 6.15. The number of benzene rings is 1. The van der Waals surface area contributed by atoms with Crippen molar-refractivity contribution < 1.29 is 14.2 Å². The van der Waals surface area contributed by atoms with Crippen LogP contribution in [-0.2, 0) is 11.3 Å². The molecule has 2 fully saturated rings. The molecule has 0 amide bonds. The first-order chi connectivity index (χ1) is 14.7. The first kappa shape index (κ1) is 26.0. The zero-order valence-electron chi connectivity index (χ0n) is 19.4. The summed E-state index contributed by atoms with van der Waals surface area (Å²) >= 11 is 0. The number of rotatable bonds is 9. The molecule has 1 aliphatic carbocycles. The smallest absolute Gasteiger partial charge is 0.193 e. The molecule has 1 aliphatic heterocycles. The van der Waals surface area contributed by atoms with Crippen molar-refractivity contribution in [2.45, 2.75) is 64.5 Å². The Labute approximate surface area is 205 Å². The molecule has 0 radical (unpaired) electrons. The molecular weight excluding hydrogens is 505 g/mol. The number of hydrogen-bond acceptors (Lipinski definition) is 4. The number of nitrogens with zero attached hydrogens (tertiary/aromatic N) is 2. The van der Waals surface area contributed by atoms with Crippen LogP contribution < -0.4 is 14.8 Å². The summed E-state index contributed by atoms with van der Waals surface area (Å²) in [5, 5.41) is 3.42. The van der Waals surface area contributed by atoms with Gasteiger partial charge in [-0.15, -0.1) is 24.0 Å². The number of methoxy groups -OCH3 is 1. The summed E-state index contributed by atoms with van der Waals surface area (Å²) < 4.78 is 17.2. The van der Waals surface area contributed by atoms with Gasteiger partial charge in [0.1, 0.15) is 0 Å². The van der Waals surface area contributed by atoms with Gasteiger partial charge < -0.3 is 24.4 Å². The molecule has 0 bridgehead atoms. The van der Waals surface area contributed by atoms with E-state index in [1.165, 1.54) is 32.1 Å². The molecule has 3 rings (SSSR count). The second-order valence-corrected chi connectivity index (χ2v) is 8.45. The molecule has 0 spiro atoms. The highest BCUT2D eigenvalue weighted by Gasteiger charge is 2.19. The van der Waals surface area contributed by atoms with Gasteiger partial charge in [0.25, 0.3) is 0 Å². The zero-order chi connectivity index (χ0) is 21.2. The summed E-state index contributed by atoms with van der Waals surface area (Å²) in [5.41, 5.74) is 1.12. The lowest BCUT2D eigenvalue weighted by molar-refractivity contribution is 0.0625. The van der Waals surface area contributed by atoms with Gasteiger partial charge in [-0.05, 0) is 75.5 Å². The molecule has 1 saturated heterocycles. The minimum absolute atomic E-state index is 0. The molecule has 176 valence electrons. The normalized spacial score (nSPS) is 17.8. The van der Waals surface area contributed by atoms with E-state index in [1.54, 1.807) is 7.11 Å². The topological polar surface area (TPSA) is 55.3 Å². The van der Waals surface area contributed by atoms with Gasteiger partial charge in [0, 0.05) is 33.4 Å². The average molecular weight is 546 g/mol. The van der Waals surface area contributed by atoms with E-state index in [1.807, 2.05) is 6.07 Å². The molecule has 0 aromatic heterocycles. The summed E-state index contributed by atoms with van der Waals surface area (Å²) in [7, 11) is 3.83. The molecule has 1 aromatic rings. The van der Waals surface area contributed by atoms with Crippen molar-refractivity contribution in [3.63, 3.8) is 0 Å². The quantitative estimate of drug-likeness (QED) is 0.273. The minimum Gasteiger partial charge on any atom is -0.493 e. The van der Waals surface area contributed by atoms with Crippen molar-refractivity contribution >= 4 is 29.9 Å². The highest BCUT2D eigenvalue weighted by Crippen LogP contribution is 2.32. The van der Waals surface area contributed by atoms with Crippen LogP contribution >= 0.6 is 24.0 Å². The fourth-order valence-electron chi connectivity index (χ4n) is 4.25. The summed E-state index contributed by atoms with van der Waals surface area (Å²) in [5.74, 6) is 3.36. The first-order valence-electron chi connectivity index (χ1n) is 11.6. The van der Waals surface area contributed by atoms with Gasteiger partial charge in [0.05, 0.1) is 19.8 Å². The van der Waals surface area contributed by atoms with E-state index in [2.05, 4.69) is 36.3 Å². The third kappa shape index (κ3) is 8.33. The van der Waals surface area contributed by atoms with Crippen molar-refractivity contribution in [2.75, 3.05) is 40.5 Å². The predicted octanol–water partition coefficient (Wildman–Crippen LogP) is 4.85. The summed E-state index contributed by atoms with van der Waals surface area (Å²) in [4.78, 5) is 7.11. The lowest BCUT2D eigenvalue weighted by Gasteiger charge is -2.27. The number of hydrogen-bond donors (Lipinski definition) is 1. The standard InChI is InChI=1S/C24H39N3O3.HI/c1-4-25-24(27(2)14-11-19-12-15-29-16-13-19)26-18-20-9-10-22(23(17-20)28-3)30-21-7-5-6-8-21;/h9-10,17,19,21H,4-8,11-16,18H2,1-3H3,(H,25,26);1H. The van der Waals surface area contributed by atoms with E-state index in [0.717, 1.165) is 68.1 Å². The van der Waals surface area contributed by atoms with Crippen LogP contribution in [0, 0.1) is 5.92 Å². The van der Waals surface area contributed by atoms with Crippen LogP contribution in [0.25, 0.3) is 0 Å². The Kier molecular flexibility index (Phi) is 11.8. The van der Waals surface area contributed by atoms with E-state index < -0.39 is 0 Å². The lowest BCUT2D eigenvalue weighted by Crippen LogP contribution is -2.40. The first-order valence-corrected chi connectivity index (χ1v) is 11.6. The Bertz CT molecular complexity index is 674. The molecule has 1 N–H and O–H groups in total. The van der Waals surface area contributed by atoms with Crippen LogP contribution in [-0.4, -0.2) is 57.4 Å². The Morgan fingerprint density at radius 3 is 2.58 bits per heavy atom. The largest absolute Gasteiger partial charge is 0.493 e. The van der Waals surface area contributed by atoms with Crippen LogP contribution in [0.3, 0.4) is 0 Å². The highest BCUT2D eigenvalue weighted by molar-refractivity contribution is 14.0. The maximum Gasteiger partial charge on any atom is 0.193 e. The molecule has 7 heteroatoms. The zero-order valence-corrected chi connectivity index (χ0v) is 21.7. The summed E-state index contributed by atoms with van der Waals surface area (Å²) in [6.07, 6.45) is 8.67. The van der Waals surface area contributed by atoms with Gasteiger partial charge in [-0.3, -0.25) is 0 Å². The van der Waals surface area contributed by atoms with E-state index in [4.69, 9.17) is 19.2 Å². The SMILES string of the molecule is CCNC(=NCc1ccc(OC2CCCC2)c(OC)c1)N(C)CCC1CCOCC1.I. The maximum atomic E-state index is 6.15. The van der Waals surface area contributed by atoms with Gasteiger partial charge in [-0.1, -0.05) is 6.07 Å². The number of aliphatic imine (C=N–C) groups is 1. The molecule has 1 saturated carbocycles.